The third kappa shape index (κ3) is 6.92. The molecule has 1 atom stereocenters. The molecule has 0 spiro atoms. The molecule has 1 N–H and O–H groups in total. The Hall–Kier alpha value is -3.32. The van der Waals surface area contributed by atoms with Crippen LogP contribution in [0.2, 0.25) is 0 Å². The van der Waals surface area contributed by atoms with Crippen LogP contribution in [-0.4, -0.2) is 66.0 Å². The maximum Gasteiger partial charge on any atom is 0.295 e. The summed E-state index contributed by atoms with van der Waals surface area (Å²) in [7, 11) is 0. The SMILES string of the molecule is CCCOc1ccc(C(O)=C2C(=O)C(=O)N(CCCN(CC)CC)C2c2ccc(OCCC)cc2)cc1. The fourth-order valence-corrected chi connectivity index (χ4v) is 4.51. The molecule has 1 aliphatic heterocycles. The highest BCUT2D eigenvalue weighted by Crippen LogP contribution is 2.40. The van der Waals surface area contributed by atoms with Gasteiger partial charge in [0.15, 0.2) is 0 Å². The highest BCUT2D eigenvalue weighted by molar-refractivity contribution is 6.46. The van der Waals surface area contributed by atoms with Crippen molar-refractivity contribution in [2.45, 2.75) is 53.0 Å². The predicted octanol–water partition coefficient (Wildman–Crippen LogP) is 5.42. The molecule has 1 heterocycles. The second-order valence-corrected chi connectivity index (χ2v) is 9.16. The third-order valence-corrected chi connectivity index (χ3v) is 6.58. The van der Waals surface area contributed by atoms with Gasteiger partial charge in [0.05, 0.1) is 24.8 Å². The first-order chi connectivity index (χ1) is 17.9. The molecule has 0 aliphatic carbocycles. The molecule has 7 heteroatoms. The van der Waals surface area contributed by atoms with E-state index in [9.17, 15) is 14.7 Å². The number of Topliss-reactive ketones (excluding diaryl/α,β-unsaturated/α-hetero) is 1. The summed E-state index contributed by atoms with van der Waals surface area (Å²) in [5, 5.41) is 11.3. The molecule has 7 nitrogen and oxygen atoms in total. The molecule has 0 bridgehead atoms. The lowest BCUT2D eigenvalue weighted by Crippen LogP contribution is -2.33. The summed E-state index contributed by atoms with van der Waals surface area (Å²) in [6, 6.07) is 13.7. The third-order valence-electron chi connectivity index (χ3n) is 6.58. The summed E-state index contributed by atoms with van der Waals surface area (Å²) < 4.78 is 11.4. The fourth-order valence-electron chi connectivity index (χ4n) is 4.51. The van der Waals surface area contributed by atoms with E-state index in [4.69, 9.17) is 9.47 Å². The molecule has 2 aromatic rings. The Labute approximate surface area is 220 Å². The minimum atomic E-state index is -0.673. The molecule has 1 unspecified atom stereocenters. The van der Waals surface area contributed by atoms with Gasteiger partial charge in [0.25, 0.3) is 11.7 Å². The number of ketones is 1. The van der Waals surface area contributed by atoms with Crippen LogP contribution in [0.4, 0.5) is 0 Å². The van der Waals surface area contributed by atoms with E-state index in [-0.39, 0.29) is 11.3 Å². The fraction of sp³-hybridized carbons (Fsp3) is 0.467. The Balaban J connectivity index is 1.97. The number of nitrogens with zero attached hydrogens (tertiary/aromatic N) is 2. The normalized spacial score (nSPS) is 17.0. The van der Waals surface area contributed by atoms with E-state index in [0.717, 1.165) is 50.2 Å². The summed E-state index contributed by atoms with van der Waals surface area (Å²) in [4.78, 5) is 30.4. The number of likely N-dealkylation sites (tertiary alicyclic amines) is 1. The van der Waals surface area contributed by atoms with Gasteiger partial charge in [-0.15, -0.1) is 0 Å². The van der Waals surface area contributed by atoms with Crippen molar-refractivity contribution in [3.05, 3.63) is 65.2 Å². The number of hydrogen-bond donors (Lipinski definition) is 1. The molecule has 0 saturated carbocycles. The van der Waals surface area contributed by atoms with Crippen molar-refractivity contribution in [3.63, 3.8) is 0 Å². The van der Waals surface area contributed by atoms with Crippen molar-refractivity contribution in [2.75, 3.05) is 39.4 Å². The van der Waals surface area contributed by atoms with Gasteiger partial charge in [-0.1, -0.05) is 39.8 Å². The van der Waals surface area contributed by atoms with Gasteiger partial charge in [-0.2, -0.15) is 0 Å². The number of carbonyl (C=O) groups excluding carboxylic acids is 2. The number of aliphatic hydroxyl groups is 1. The zero-order chi connectivity index (χ0) is 26.8. The van der Waals surface area contributed by atoms with Crippen LogP contribution >= 0.6 is 0 Å². The van der Waals surface area contributed by atoms with Crippen molar-refractivity contribution in [3.8, 4) is 11.5 Å². The summed E-state index contributed by atoms with van der Waals surface area (Å²) in [5.74, 6) is -0.00701. The Bertz CT molecular complexity index is 1060. The van der Waals surface area contributed by atoms with Gasteiger partial charge in [-0.3, -0.25) is 9.59 Å². The number of hydrogen-bond acceptors (Lipinski definition) is 6. The lowest BCUT2D eigenvalue weighted by Gasteiger charge is -2.27. The molecule has 1 fully saturated rings. The first-order valence-electron chi connectivity index (χ1n) is 13.4. The van der Waals surface area contributed by atoms with Gasteiger partial charge >= 0.3 is 0 Å². The molecule has 1 amide bonds. The Morgan fingerprint density at radius 3 is 1.92 bits per heavy atom. The zero-order valence-electron chi connectivity index (χ0n) is 22.5. The molecule has 1 saturated heterocycles. The number of rotatable bonds is 14. The average Bonchev–Trinajstić information content (AvgIpc) is 3.18. The topological polar surface area (TPSA) is 79.3 Å². The number of carbonyl (C=O) groups is 2. The average molecular weight is 509 g/mol. The van der Waals surface area contributed by atoms with Crippen LogP contribution in [0.5, 0.6) is 11.5 Å². The van der Waals surface area contributed by atoms with E-state index in [1.807, 2.05) is 38.1 Å². The van der Waals surface area contributed by atoms with Crippen LogP contribution in [0, 0.1) is 0 Å². The quantitative estimate of drug-likeness (QED) is 0.209. The van der Waals surface area contributed by atoms with Gasteiger partial charge in [0.1, 0.15) is 17.3 Å². The monoisotopic (exact) mass is 508 g/mol. The predicted molar refractivity (Wildman–Crippen MR) is 146 cm³/mol. The number of amides is 1. The van der Waals surface area contributed by atoms with Gasteiger partial charge in [-0.25, -0.2) is 0 Å². The summed E-state index contributed by atoms with van der Waals surface area (Å²) in [6.07, 6.45) is 2.52. The minimum Gasteiger partial charge on any atom is -0.507 e. The lowest BCUT2D eigenvalue weighted by atomic mass is 9.95. The van der Waals surface area contributed by atoms with Crippen molar-refractivity contribution in [1.29, 1.82) is 0 Å². The van der Waals surface area contributed by atoms with Gasteiger partial charge in [0.2, 0.25) is 0 Å². The molecule has 0 aromatic heterocycles. The van der Waals surface area contributed by atoms with E-state index in [1.165, 1.54) is 0 Å². The minimum absolute atomic E-state index is 0.109. The molecule has 2 aromatic carbocycles. The van der Waals surface area contributed by atoms with Gasteiger partial charge < -0.3 is 24.4 Å². The van der Waals surface area contributed by atoms with Crippen LogP contribution in [0.25, 0.3) is 5.76 Å². The molecule has 0 radical (unpaired) electrons. The zero-order valence-corrected chi connectivity index (χ0v) is 22.5. The standard InChI is InChI=1S/C30H40N2O5/c1-5-20-36-24-14-10-22(11-15-24)27-26(28(33)23-12-16-25(17-13-23)37-21-6-2)29(34)30(35)32(27)19-9-18-31(7-3)8-4/h10-17,27,33H,5-9,18-21H2,1-4H3. The number of benzene rings is 2. The molecule has 37 heavy (non-hydrogen) atoms. The maximum atomic E-state index is 13.3. The van der Waals surface area contributed by atoms with Crippen molar-refractivity contribution < 1.29 is 24.2 Å². The largest absolute Gasteiger partial charge is 0.507 e. The molecular formula is C30H40N2O5. The van der Waals surface area contributed by atoms with Crippen molar-refractivity contribution in [2.24, 2.45) is 0 Å². The van der Waals surface area contributed by atoms with E-state index >= 15 is 0 Å². The first kappa shape index (κ1) is 28.3. The van der Waals surface area contributed by atoms with Crippen LogP contribution < -0.4 is 9.47 Å². The Kier molecular flexibility index (Phi) is 10.6. The van der Waals surface area contributed by atoms with Crippen molar-refractivity contribution in [1.82, 2.24) is 9.80 Å². The summed E-state index contributed by atoms with van der Waals surface area (Å²) in [6.45, 7) is 12.6. The second-order valence-electron chi connectivity index (χ2n) is 9.16. The van der Waals surface area contributed by atoms with E-state index in [2.05, 4.69) is 18.7 Å². The number of ether oxygens (including phenoxy) is 2. The Morgan fingerprint density at radius 1 is 0.865 bits per heavy atom. The summed E-state index contributed by atoms with van der Waals surface area (Å²) in [5.41, 5.74) is 1.34. The smallest absolute Gasteiger partial charge is 0.295 e. The Morgan fingerprint density at radius 2 is 1.41 bits per heavy atom. The highest BCUT2D eigenvalue weighted by atomic mass is 16.5. The van der Waals surface area contributed by atoms with Crippen LogP contribution in [0.15, 0.2) is 54.1 Å². The molecular weight excluding hydrogens is 468 g/mol. The number of aliphatic hydroxyl groups excluding tert-OH is 1. The molecule has 200 valence electrons. The maximum absolute atomic E-state index is 13.3. The lowest BCUT2D eigenvalue weighted by molar-refractivity contribution is -0.140. The van der Waals surface area contributed by atoms with Crippen molar-refractivity contribution >= 4 is 17.4 Å². The van der Waals surface area contributed by atoms with Crippen LogP contribution in [0.3, 0.4) is 0 Å². The molecule has 3 rings (SSSR count). The highest BCUT2D eigenvalue weighted by Gasteiger charge is 2.45. The van der Waals surface area contributed by atoms with E-state index in [1.54, 1.807) is 29.2 Å². The molecule has 1 aliphatic rings. The van der Waals surface area contributed by atoms with Crippen LogP contribution in [-0.2, 0) is 9.59 Å². The van der Waals surface area contributed by atoms with Crippen LogP contribution in [0.1, 0.15) is 64.1 Å². The van der Waals surface area contributed by atoms with E-state index in [0.29, 0.717) is 31.1 Å². The first-order valence-corrected chi connectivity index (χ1v) is 13.4. The second kappa shape index (κ2) is 13.8. The van der Waals surface area contributed by atoms with Gasteiger partial charge in [-0.05, 0) is 80.9 Å². The summed E-state index contributed by atoms with van der Waals surface area (Å²) >= 11 is 0. The van der Waals surface area contributed by atoms with Gasteiger partial charge in [0, 0.05) is 12.1 Å². The van der Waals surface area contributed by atoms with E-state index < -0.39 is 17.7 Å².